The molecule has 0 radical (unpaired) electrons. The lowest BCUT2D eigenvalue weighted by Gasteiger charge is -2.26. The van der Waals surface area contributed by atoms with Gasteiger partial charge in [0.1, 0.15) is 0 Å². The van der Waals surface area contributed by atoms with E-state index in [0.29, 0.717) is 5.92 Å². The van der Waals surface area contributed by atoms with Crippen molar-refractivity contribution in [3.63, 3.8) is 0 Å². The van der Waals surface area contributed by atoms with Gasteiger partial charge in [-0.25, -0.2) is 0 Å². The van der Waals surface area contributed by atoms with Gasteiger partial charge in [0.2, 0.25) is 0 Å². The molecule has 3 heteroatoms. The van der Waals surface area contributed by atoms with E-state index in [4.69, 9.17) is 9.84 Å². The molecule has 1 aliphatic heterocycles. The molecule has 0 bridgehead atoms. The van der Waals surface area contributed by atoms with Crippen LogP contribution >= 0.6 is 0 Å². The molecule has 1 saturated heterocycles. The minimum Gasteiger partial charge on any atom is -0.395 e. The maximum Gasteiger partial charge on any atom is 0.0587 e. The molecule has 0 aromatic heterocycles. The lowest BCUT2D eigenvalue weighted by molar-refractivity contribution is 0.0636. The Morgan fingerprint density at radius 3 is 2.50 bits per heavy atom. The average Bonchev–Trinajstić information content (AvgIpc) is 2.20. The highest BCUT2D eigenvalue weighted by atomic mass is 16.5. The summed E-state index contributed by atoms with van der Waals surface area (Å²) in [5, 5.41) is 12.6. The molecule has 14 heavy (non-hydrogen) atoms. The molecule has 0 saturated carbocycles. The molecule has 84 valence electrons. The summed E-state index contributed by atoms with van der Waals surface area (Å²) >= 11 is 0. The summed E-state index contributed by atoms with van der Waals surface area (Å²) in [4.78, 5) is 0. The first-order valence-electron chi connectivity index (χ1n) is 5.66. The standard InChI is InChI=1S/C11H23NO2/c1-9(2)11(8-13)12-7-10-3-5-14-6-4-10/h9-13H,3-8H2,1-2H3. The van der Waals surface area contributed by atoms with Gasteiger partial charge in [0, 0.05) is 19.3 Å². The van der Waals surface area contributed by atoms with Crippen molar-refractivity contribution in [2.24, 2.45) is 11.8 Å². The number of aliphatic hydroxyl groups is 1. The van der Waals surface area contributed by atoms with E-state index in [1.54, 1.807) is 0 Å². The summed E-state index contributed by atoms with van der Waals surface area (Å²) in [6.45, 7) is 7.33. The van der Waals surface area contributed by atoms with Crippen LogP contribution in [0.4, 0.5) is 0 Å². The van der Waals surface area contributed by atoms with Crippen molar-refractivity contribution < 1.29 is 9.84 Å². The molecule has 0 aromatic rings. The van der Waals surface area contributed by atoms with Gasteiger partial charge < -0.3 is 15.2 Å². The Kier molecular flexibility index (Phi) is 5.45. The molecule has 1 fully saturated rings. The second-order valence-corrected chi connectivity index (χ2v) is 4.50. The zero-order valence-corrected chi connectivity index (χ0v) is 9.33. The number of nitrogens with one attached hydrogen (secondary N) is 1. The highest BCUT2D eigenvalue weighted by molar-refractivity contribution is 4.73. The Labute approximate surface area is 86.8 Å². The van der Waals surface area contributed by atoms with E-state index < -0.39 is 0 Å². The van der Waals surface area contributed by atoms with Gasteiger partial charge in [0.15, 0.2) is 0 Å². The fourth-order valence-corrected chi connectivity index (χ4v) is 1.78. The van der Waals surface area contributed by atoms with Crippen LogP contribution in [-0.2, 0) is 4.74 Å². The van der Waals surface area contributed by atoms with Gasteiger partial charge in [-0.3, -0.25) is 0 Å². The van der Waals surface area contributed by atoms with Crippen molar-refractivity contribution in [1.82, 2.24) is 5.32 Å². The van der Waals surface area contributed by atoms with Crippen LogP contribution < -0.4 is 5.32 Å². The molecule has 1 atom stereocenters. The van der Waals surface area contributed by atoms with Crippen LogP contribution in [0.5, 0.6) is 0 Å². The van der Waals surface area contributed by atoms with Gasteiger partial charge in [-0.15, -0.1) is 0 Å². The van der Waals surface area contributed by atoms with Gasteiger partial charge in [-0.1, -0.05) is 13.8 Å². The van der Waals surface area contributed by atoms with E-state index in [0.717, 1.165) is 38.5 Å². The Hall–Kier alpha value is -0.120. The summed E-state index contributed by atoms with van der Waals surface area (Å²) in [6.07, 6.45) is 2.31. The molecule has 1 rings (SSSR count). The third-order valence-corrected chi connectivity index (χ3v) is 3.01. The highest BCUT2D eigenvalue weighted by Gasteiger charge is 2.17. The summed E-state index contributed by atoms with van der Waals surface area (Å²) in [7, 11) is 0. The molecule has 1 unspecified atom stereocenters. The van der Waals surface area contributed by atoms with Gasteiger partial charge in [0.25, 0.3) is 0 Å². The van der Waals surface area contributed by atoms with Crippen LogP contribution in [0.1, 0.15) is 26.7 Å². The number of rotatable bonds is 5. The van der Waals surface area contributed by atoms with Crippen molar-refractivity contribution in [2.45, 2.75) is 32.7 Å². The van der Waals surface area contributed by atoms with Crippen LogP contribution in [-0.4, -0.2) is 37.5 Å². The normalized spacial score (nSPS) is 21.4. The lowest BCUT2D eigenvalue weighted by Crippen LogP contribution is -2.40. The fourth-order valence-electron chi connectivity index (χ4n) is 1.78. The highest BCUT2D eigenvalue weighted by Crippen LogP contribution is 2.14. The predicted octanol–water partition coefficient (Wildman–Crippen LogP) is 1.02. The monoisotopic (exact) mass is 201 g/mol. The van der Waals surface area contributed by atoms with Gasteiger partial charge in [0.05, 0.1) is 6.61 Å². The Balaban J connectivity index is 2.16. The summed E-state index contributed by atoms with van der Waals surface area (Å²) in [6, 6.07) is 0.248. The zero-order valence-electron chi connectivity index (χ0n) is 9.33. The fraction of sp³-hybridized carbons (Fsp3) is 1.00. The quantitative estimate of drug-likeness (QED) is 0.698. The van der Waals surface area contributed by atoms with Crippen LogP contribution in [0.25, 0.3) is 0 Å². The topological polar surface area (TPSA) is 41.5 Å². The Bertz CT molecular complexity index is 144. The van der Waals surface area contributed by atoms with E-state index >= 15 is 0 Å². The molecular weight excluding hydrogens is 178 g/mol. The Morgan fingerprint density at radius 2 is 2.00 bits per heavy atom. The SMILES string of the molecule is CC(C)C(CO)NCC1CCOCC1. The molecule has 2 N–H and O–H groups in total. The average molecular weight is 201 g/mol. The molecule has 0 aromatic carbocycles. The first-order valence-corrected chi connectivity index (χ1v) is 5.66. The van der Waals surface area contributed by atoms with E-state index in [9.17, 15) is 0 Å². The van der Waals surface area contributed by atoms with Gasteiger partial charge in [-0.2, -0.15) is 0 Å². The molecule has 1 heterocycles. The smallest absolute Gasteiger partial charge is 0.0587 e. The molecule has 0 spiro atoms. The predicted molar refractivity (Wildman–Crippen MR) is 57.3 cm³/mol. The van der Waals surface area contributed by atoms with E-state index in [1.807, 2.05) is 0 Å². The molecule has 1 aliphatic rings. The first-order chi connectivity index (χ1) is 6.74. The Morgan fingerprint density at radius 1 is 1.36 bits per heavy atom. The number of hydrogen-bond acceptors (Lipinski definition) is 3. The van der Waals surface area contributed by atoms with Crippen LogP contribution in [0, 0.1) is 11.8 Å². The van der Waals surface area contributed by atoms with Crippen LogP contribution in [0.2, 0.25) is 0 Å². The minimum atomic E-state index is 0.237. The molecule has 0 aliphatic carbocycles. The van der Waals surface area contributed by atoms with Gasteiger partial charge in [-0.05, 0) is 31.2 Å². The third-order valence-electron chi connectivity index (χ3n) is 3.01. The van der Waals surface area contributed by atoms with Crippen LogP contribution in [0.3, 0.4) is 0 Å². The van der Waals surface area contributed by atoms with Crippen molar-refractivity contribution in [1.29, 1.82) is 0 Å². The van der Waals surface area contributed by atoms with Crippen molar-refractivity contribution >= 4 is 0 Å². The second kappa shape index (κ2) is 6.38. The van der Waals surface area contributed by atoms with Gasteiger partial charge >= 0.3 is 0 Å². The number of hydrogen-bond donors (Lipinski definition) is 2. The number of ether oxygens (including phenoxy) is 1. The van der Waals surface area contributed by atoms with E-state index in [1.165, 1.54) is 0 Å². The van der Waals surface area contributed by atoms with Crippen molar-refractivity contribution in [3.8, 4) is 0 Å². The summed E-state index contributed by atoms with van der Waals surface area (Å²) in [5.74, 6) is 1.23. The number of aliphatic hydroxyl groups excluding tert-OH is 1. The molecule has 3 nitrogen and oxygen atoms in total. The largest absolute Gasteiger partial charge is 0.395 e. The lowest BCUT2D eigenvalue weighted by atomic mass is 9.98. The second-order valence-electron chi connectivity index (χ2n) is 4.50. The maximum atomic E-state index is 9.14. The van der Waals surface area contributed by atoms with Crippen LogP contribution in [0.15, 0.2) is 0 Å². The van der Waals surface area contributed by atoms with E-state index in [-0.39, 0.29) is 12.6 Å². The third kappa shape index (κ3) is 3.95. The summed E-state index contributed by atoms with van der Waals surface area (Å²) < 4.78 is 5.30. The zero-order chi connectivity index (χ0) is 10.4. The first kappa shape index (κ1) is 12.0. The van der Waals surface area contributed by atoms with Crippen molar-refractivity contribution in [2.75, 3.05) is 26.4 Å². The van der Waals surface area contributed by atoms with E-state index in [2.05, 4.69) is 19.2 Å². The molecular formula is C11H23NO2. The summed E-state index contributed by atoms with van der Waals surface area (Å²) in [5.41, 5.74) is 0. The minimum absolute atomic E-state index is 0.237. The van der Waals surface area contributed by atoms with Crippen molar-refractivity contribution in [3.05, 3.63) is 0 Å². The molecule has 0 amide bonds. The maximum absolute atomic E-state index is 9.14.